The highest BCUT2D eigenvalue weighted by molar-refractivity contribution is 5.88. The molecule has 0 radical (unpaired) electrons. The molecule has 0 heterocycles. The summed E-state index contributed by atoms with van der Waals surface area (Å²) in [6.07, 6.45) is 0. The first-order valence-electron chi connectivity index (χ1n) is 2.90. The van der Waals surface area contributed by atoms with E-state index in [9.17, 15) is 4.79 Å². The molecule has 0 bridgehead atoms. The lowest BCUT2D eigenvalue weighted by atomic mass is 10.2. The van der Waals surface area contributed by atoms with Gasteiger partial charge in [-0.2, -0.15) is 0 Å². The van der Waals surface area contributed by atoms with Crippen LogP contribution in [0.5, 0.6) is 0 Å². The average Bonchev–Trinajstić information content (AvgIpc) is 1.59. The lowest BCUT2D eigenvalue weighted by Gasteiger charge is -2.16. The van der Waals surface area contributed by atoms with Gasteiger partial charge in [0, 0.05) is 12.0 Å². The van der Waals surface area contributed by atoms with Crippen LogP contribution in [0, 0.1) is 12.0 Å². The van der Waals surface area contributed by atoms with Crippen LogP contribution in [0.1, 0.15) is 20.8 Å². The van der Waals surface area contributed by atoms with Crippen LogP contribution in [-0.2, 0) is 9.53 Å². The van der Waals surface area contributed by atoms with Crippen molar-refractivity contribution >= 4 is 5.97 Å². The van der Waals surface area contributed by atoms with E-state index in [-0.39, 0.29) is 0 Å². The highest BCUT2D eigenvalue weighted by atomic mass is 16.6. The van der Waals surface area contributed by atoms with Crippen LogP contribution in [0.4, 0.5) is 0 Å². The second-order valence-corrected chi connectivity index (χ2v) is 2.77. The van der Waals surface area contributed by atoms with Crippen molar-refractivity contribution in [2.45, 2.75) is 26.4 Å². The molecule has 2 N–H and O–H groups in total. The van der Waals surface area contributed by atoms with Gasteiger partial charge in [-0.05, 0) is 20.8 Å². The van der Waals surface area contributed by atoms with Gasteiger partial charge in [0.1, 0.15) is 5.60 Å². The summed E-state index contributed by atoms with van der Waals surface area (Å²) >= 11 is 0. The Labute approximate surface area is 60.5 Å². The Morgan fingerprint density at radius 3 is 2.30 bits per heavy atom. The molecule has 0 aromatic rings. The van der Waals surface area contributed by atoms with Crippen molar-refractivity contribution in [2.75, 3.05) is 0 Å². The molecule has 0 unspecified atom stereocenters. The van der Waals surface area contributed by atoms with Crippen LogP contribution in [0.15, 0.2) is 0 Å². The molecule has 0 spiro atoms. The molecule has 0 amide bonds. The van der Waals surface area contributed by atoms with Crippen molar-refractivity contribution in [1.29, 1.82) is 0 Å². The maximum Gasteiger partial charge on any atom is 0.386 e. The van der Waals surface area contributed by atoms with Crippen LogP contribution in [-0.4, -0.2) is 11.6 Å². The van der Waals surface area contributed by atoms with Gasteiger partial charge >= 0.3 is 5.97 Å². The van der Waals surface area contributed by atoms with Gasteiger partial charge in [0.15, 0.2) is 0 Å². The summed E-state index contributed by atoms with van der Waals surface area (Å²) in [6, 6.07) is 1.97. The maximum absolute atomic E-state index is 10.6. The number of hydrogen-bond donors (Lipinski definition) is 1. The first-order valence-corrected chi connectivity index (χ1v) is 2.90. The molecule has 0 saturated carbocycles. The third kappa shape index (κ3) is 4.98. The summed E-state index contributed by atoms with van der Waals surface area (Å²) in [5.41, 5.74) is 4.30. The van der Waals surface area contributed by atoms with Gasteiger partial charge in [-0.1, -0.05) is 0 Å². The molecule has 0 aliphatic heterocycles. The van der Waals surface area contributed by atoms with Crippen molar-refractivity contribution < 1.29 is 9.53 Å². The Balaban J connectivity index is 3.89. The minimum absolute atomic E-state index is 0.485. The molecule has 0 aromatic carbocycles. The second kappa shape index (κ2) is 3.11. The first kappa shape index (κ1) is 8.83. The second-order valence-electron chi connectivity index (χ2n) is 2.77. The van der Waals surface area contributed by atoms with E-state index in [0.29, 0.717) is 0 Å². The van der Waals surface area contributed by atoms with Gasteiger partial charge < -0.3 is 10.5 Å². The molecule has 3 heteroatoms. The fourth-order valence-corrected chi connectivity index (χ4v) is 0.363. The summed E-state index contributed by atoms with van der Waals surface area (Å²) in [6.45, 7) is 5.30. The van der Waals surface area contributed by atoms with E-state index in [2.05, 4.69) is 5.92 Å². The zero-order valence-electron chi connectivity index (χ0n) is 6.39. The highest BCUT2D eigenvalue weighted by Crippen LogP contribution is 2.05. The Morgan fingerprint density at radius 2 is 2.00 bits per heavy atom. The third-order valence-corrected chi connectivity index (χ3v) is 0.573. The van der Waals surface area contributed by atoms with E-state index >= 15 is 0 Å². The van der Waals surface area contributed by atoms with E-state index < -0.39 is 11.6 Å². The predicted molar refractivity (Wildman–Crippen MR) is 37.8 cm³/mol. The van der Waals surface area contributed by atoms with Crippen LogP contribution < -0.4 is 5.73 Å². The van der Waals surface area contributed by atoms with Crippen LogP contribution in [0.2, 0.25) is 0 Å². The molecular formula is C7H11NO2. The molecule has 0 fully saturated rings. The number of carbonyl (C=O) groups excluding carboxylic acids is 1. The van der Waals surface area contributed by atoms with E-state index in [1.807, 2.05) is 6.04 Å². The topological polar surface area (TPSA) is 52.3 Å². The Kier molecular flexibility index (Phi) is 2.75. The largest absolute Gasteiger partial charge is 0.450 e. The standard InChI is InChI=1S/C7H11NO2/c1-7(2,3)10-6(9)4-5-8/h8H2,1-3H3. The molecule has 0 rings (SSSR count). The van der Waals surface area contributed by atoms with E-state index in [1.165, 1.54) is 0 Å². The Morgan fingerprint density at radius 1 is 1.50 bits per heavy atom. The molecule has 0 saturated heterocycles. The van der Waals surface area contributed by atoms with Crippen LogP contribution >= 0.6 is 0 Å². The molecule has 0 aliphatic rings. The van der Waals surface area contributed by atoms with Gasteiger partial charge in [-0.3, -0.25) is 0 Å². The monoisotopic (exact) mass is 141 g/mol. The van der Waals surface area contributed by atoms with Gasteiger partial charge in [-0.15, -0.1) is 0 Å². The molecule has 0 aromatic heterocycles. The molecule has 0 atom stereocenters. The smallest absolute Gasteiger partial charge is 0.386 e. The Hall–Kier alpha value is -1.17. The van der Waals surface area contributed by atoms with Gasteiger partial charge in [0.25, 0.3) is 0 Å². The summed E-state index contributed by atoms with van der Waals surface area (Å²) in [7, 11) is 0. The molecule has 0 aliphatic carbocycles. The lowest BCUT2D eigenvalue weighted by Crippen LogP contribution is -2.22. The van der Waals surface area contributed by atoms with Crippen molar-refractivity contribution in [2.24, 2.45) is 5.73 Å². The SMILES string of the molecule is CC(C)(C)OC(=O)C#CN. The third-order valence-electron chi connectivity index (χ3n) is 0.573. The quantitative estimate of drug-likeness (QED) is 0.299. The first-order chi connectivity index (χ1) is 4.45. The number of ether oxygens (including phenoxy) is 1. The number of carbonyl (C=O) groups is 1. The van der Waals surface area contributed by atoms with Gasteiger partial charge in [-0.25, -0.2) is 4.79 Å². The highest BCUT2D eigenvalue weighted by Gasteiger charge is 2.13. The molecule has 10 heavy (non-hydrogen) atoms. The fourth-order valence-electron chi connectivity index (χ4n) is 0.363. The molecule has 56 valence electrons. The number of esters is 1. The molecular weight excluding hydrogens is 130 g/mol. The minimum atomic E-state index is -0.588. The number of nitrogens with two attached hydrogens (primary N) is 1. The summed E-state index contributed by atoms with van der Waals surface area (Å²) < 4.78 is 4.79. The zero-order valence-corrected chi connectivity index (χ0v) is 6.39. The Bertz CT molecular complexity index is 180. The predicted octanol–water partition coefficient (Wildman–Crippen LogP) is 0.248. The summed E-state index contributed by atoms with van der Waals surface area (Å²) in [4.78, 5) is 10.6. The van der Waals surface area contributed by atoms with Crippen molar-refractivity contribution in [1.82, 2.24) is 0 Å². The number of rotatable bonds is 0. The minimum Gasteiger partial charge on any atom is -0.450 e. The zero-order chi connectivity index (χ0) is 8.20. The van der Waals surface area contributed by atoms with Crippen LogP contribution in [0.3, 0.4) is 0 Å². The van der Waals surface area contributed by atoms with Crippen molar-refractivity contribution in [3.8, 4) is 12.0 Å². The average molecular weight is 141 g/mol. The van der Waals surface area contributed by atoms with Gasteiger partial charge in [0.05, 0.1) is 0 Å². The van der Waals surface area contributed by atoms with E-state index in [0.717, 1.165) is 0 Å². The van der Waals surface area contributed by atoms with Crippen molar-refractivity contribution in [3.63, 3.8) is 0 Å². The van der Waals surface area contributed by atoms with E-state index in [1.54, 1.807) is 20.8 Å². The molecule has 3 nitrogen and oxygen atoms in total. The fraction of sp³-hybridized carbons (Fsp3) is 0.571. The van der Waals surface area contributed by atoms with Crippen molar-refractivity contribution in [3.05, 3.63) is 0 Å². The van der Waals surface area contributed by atoms with Crippen LogP contribution in [0.25, 0.3) is 0 Å². The summed E-state index contributed by atoms with van der Waals surface area (Å²) in [5, 5.41) is 0. The summed E-state index contributed by atoms with van der Waals surface area (Å²) in [5.74, 6) is 1.48. The normalized spacial score (nSPS) is 9.50. The maximum atomic E-state index is 10.6. The van der Waals surface area contributed by atoms with Gasteiger partial charge in [0.2, 0.25) is 0 Å². The number of hydrogen-bond acceptors (Lipinski definition) is 3. The lowest BCUT2D eigenvalue weighted by molar-refractivity contribution is -0.147. The van der Waals surface area contributed by atoms with E-state index in [4.69, 9.17) is 10.5 Å².